The zero-order chi connectivity index (χ0) is 16.7. The number of amides is 1. The summed E-state index contributed by atoms with van der Waals surface area (Å²) in [6.45, 7) is 0. The third-order valence-electron chi connectivity index (χ3n) is 4.83. The van der Waals surface area contributed by atoms with Gasteiger partial charge < -0.3 is 4.90 Å². The van der Waals surface area contributed by atoms with E-state index in [4.69, 9.17) is 0 Å². The van der Waals surface area contributed by atoms with Gasteiger partial charge >= 0.3 is 0 Å². The summed E-state index contributed by atoms with van der Waals surface area (Å²) >= 11 is 0. The average Bonchev–Trinajstić information content (AvgIpc) is 2.73. The van der Waals surface area contributed by atoms with E-state index in [1.807, 2.05) is 48.7 Å². The number of allylic oxidation sites excluding steroid dienone is 2. The lowest BCUT2D eigenvalue weighted by Crippen LogP contribution is -2.25. The molecule has 4 rings (SSSR count). The molecular weight excluding hydrogens is 301 g/mol. The Morgan fingerprint density at radius 2 is 1.88 bits per heavy atom. The number of fused-ring (bicyclic) bond motifs is 3. The standard InChI is InChI=1S/C21H18FNO/c1-23-13-16-8-7-15-9-10-17(22)11-18(15)19(16)12-20(21(23)24)14-5-3-2-4-6-14/h2-6,9-13,20H,7-8H2,1H3. The quantitative estimate of drug-likeness (QED) is 0.767. The number of carbonyl (C=O) groups excluding carboxylic acids is 1. The molecule has 0 fully saturated rings. The molecule has 0 saturated heterocycles. The van der Waals surface area contributed by atoms with Crippen molar-refractivity contribution in [3.05, 3.63) is 88.9 Å². The molecule has 3 heteroatoms. The maximum atomic E-state index is 13.8. The van der Waals surface area contributed by atoms with Crippen molar-refractivity contribution >= 4 is 11.5 Å². The van der Waals surface area contributed by atoms with Gasteiger partial charge in [0.1, 0.15) is 5.82 Å². The molecule has 1 atom stereocenters. The van der Waals surface area contributed by atoms with Crippen LogP contribution in [-0.4, -0.2) is 17.9 Å². The molecule has 1 unspecified atom stereocenters. The predicted octanol–water partition coefficient (Wildman–Crippen LogP) is 4.30. The van der Waals surface area contributed by atoms with Gasteiger partial charge in [0, 0.05) is 13.2 Å². The second-order valence-corrected chi connectivity index (χ2v) is 6.37. The Bertz CT molecular complexity index is 867. The first-order valence-corrected chi connectivity index (χ1v) is 8.17. The van der Waals surface area contributed by atoms with E-state index in [-0.39, 0.29) is 17.6 Å². The molecule has 2 aromatic carbocycles. The summed E-state index contributed by atoms with van der Waals surface area (Å²) < 4.78 is 13.8. The Kier molecular flexibility index (Phi) is 3.57. The van der Waals surface area contributed by atoms with E-state index < -0.39 is 0 Å². The van der Waals surface area contributed by atoms with Gasteiger partial charge in [-0.05, 0) is 52.8 Å². The van der Waals surface area contributed by atoms with Crippen LogP contribution in [0.1, 0.15) is 29.0 Å². The normalized spacial score (nSPS) is 19.8. The summed E-state index contributed by atoms with van der Waals surface area (Å²) in [5.41, 5.74) is 5.10. The molecular formula is C21H18FNO. The van der Waals surface area contributed by atoms with Crippen molar-refractivity contribution in [2.75, 3.05) is 7.05 Å². The molecule has 2 nitrogen and oxygen atoms in total. The lowest BCUT2D eigenvalue weighted by Gasteiger charge is -2.22. The first kappa shape index (κ1) is 14.9. The molecule has 1 heterocycles. The van der Waals surface area contributed by atoms with Gasteiger partial charge in [-0.25, -0.2) is 4.39 Å². The Balaban J connectivity index is 1.91. The highest BCUT2D eigenvalue weighted by Crippen LogP contribution is 2.40. The van der Waals surface area contributed by atoms with E-state index in [0.717, 1.165) is 40.7 Å². The molecule has 0 N–H and O–H groups in total. The number of aryl methyl sites for hydroxylation is 1. The maximum Gasteiger partial charge on any atom is 0.237 e. The van der Waals surface area contributed by atoms with Crippen molar-refractivity contribution in [2.24, 2.45) is 0 Å². The molecule has 2 aliphatic rings. The monoisotopic (exact) mass is 319 g/mol. The van der Waals surface area contributed by atoms with Crippen molar-refractivity contribution in [1.29, 1.82) is 0 Å². The van der Waals surface area contributed by atoms with E-state index in [0.29, 0.717) is 0 Å². The molecule has 0 saturated carbocycles. The molecule has 1 aliphatic heterocycles. The number of rotatable bonds is 1. The van der Waals surface area contributed by atoms with Gasteiger partial charge in [0.25, 0.3) is 0 Å². The fraction of sp³-hybridized carbons (Fsp3) is 0.190. The molecule has 1 aliphatic carbocycles. The summed E-state index contributed by atoms with van der Waals surface area (Å²) in [5, 5.41) is 0. The van der Waals surface area contributed by atoms with Gasteiger partial charge in [0.15, 0.2) is 0 Å². The number of likely N-dealkylation sites (N-methyl/N-ethyl adjacent to an activating group) is 1. The van der Waals surface area contributed by atoms with Crippen molar-refractivity contribution in [1.82, 2.24) is 4.90 Å². The van der Waals surface area contributed by atoms with Crippen LogP contribution < -0.4 is 0 Å². The molecule has 0 bridgehead atoms. The van der Waals surface area contributed by atoms with Gasteiger partial charge in [0.05, 0.1) is 5.92 Å². The molecule has 1 amide bonds. The van der Waals surface area contributed by atoms with E-state index in [1.54, 1.807) is 18.0 Å². The van der Waals surface area contributed by atoms with Gasteiger partial charge in [-0.2, -0.15) is 0 Å². The van der Waals surface area contributed by atoms with Gasteiger partial charge in [-0.3, -0.25) is 4.79 Å². The summed E-state index contributed by atoms with van der Waals surface area (Å²) in [6.07, 6.45) is 5.65. The summed E-state index contributed by atoms with van der Waals surface area (Å²) in [4.78, 5) is 14.5. The van der Waals surface area contributed by atoms with Gasteiger partial charge in [-0.15, -0.1) is 0 Å². The third kappa shape index (κ3) is 2.46. The van der Waals surface area contributed by atoms with Crippen LogP contribution in [0.25, 0.3) is 5.57 Å². The van der Waals surface area contributed by atoms with Crippen LogP contribution in [0.3, 0.4) is 0 Å². The number of carbonyl (C=O) groups is 1. The smallest absolute Gasteiger partial charge is 0.237 e. The van der Waals surface area contributed by atoms with Crippen molar-refractivity contribution in [2.45, 2.75) is 18.8 Å². The van der Waals surface area contributed by atoms with E-state index in [2.05, 4.69) is 0 Å². The number of hydrogen-bond donors (Lipinski definition) is 0. The highest BCUT2D eigenvalue weighted by molar-refractivity contribution is 5.94. The third-order valence-corrected chi connectivity index (χ3v) is 4.83. The predicted molar refractivity (Wildman–Crippen MR) is 92.7 cm³/mol. The number of benzene rings is 2. The molecule has 24 heavy (non-hydrogen) atoms. The van der Waals surface area contributed by atoms with Crippen molar-refractivity contribution in [3.8, 4) is 0 Å². The van der Waals surface area contributed by atoms with Crippen LogP contribution >= 0.6 is 0 Å². The Morgan fingerprint density at radius 3 is 2.67 bits per heavy atom. The zero-order valence-corrected chi connectivity index (χ0v) is 13.5. The van der Waals surface area contributed by atoms with Crippen LogP contribution in [0.15, 0.2) is 66.4 Å². The van der Waals surface area contributed by atoms with Gasteiger partial charge in [-0.1, -0.05) is 42.5 Å². The molecule has 2 aromatic rings. The fourth-order valence-electron chi connectivity index (χ4n) is 3.58. The van der Waals surface area contributed by atoms with E-state index in [9.17, 15) is 9.18 Å². The number of hydrogen-bond acceptors (Lipinski definition) is 1. The van der Waals surface area contributed by atoms with Crippen LogP contribution in [-0.2, 0) is 11.2 Å². The van der Waals surface area contributed by atoms with E-state index in [1.165, 1.54) is 6.07 Å². The molecule has 120 valence electrons. The highest BCUT2D eigenvalue weighted by atomic mass is 19.1. The SMILES string of the molecule is CN1C=C2CCc3ccc(F)cc3C2=CC(c2ccccc2)C1=O. The fourth-order valence-corrected chi connectivity index (χ4v) is 3.58. The zero-order valence-electron chi connectivity index (χ0n) is 13.5. The van der Waals surface area contributed by atoms with Crippen LogP contribution in [0, 0.1) is 5.82 Å². The number of halogens is 1. The lowest BCUT2D eigenvalue weighted by molar-refractivity contribution is -0.128. The molecule has 0 spiro atoms. The largest absolute Gasteiger partial charge is 0.321 e. The van der Waals surface area contributed by atoms with E-state index >= 15 is 0 Å². The van der Waals surface area contributed by atoms with Crippen LogP contribution in [0.4, 0.5) is 4.39 Å². The molecule has 0 aromatic heterocycles. The summed E-state index contributed by atoms with van der Waals surface area (Å²) in [6, 6.07) is 14.7. The summed E-state index contributed by atoms with van der Waals surface area (Å²) in [5.74, 6) is -0.557. The first-order valence-electron chi connectivity index (χ1n) is 8.17. The van der Waals surface area contributed by atoms with Crippen molar-refractivity contribution < 1.29 is 9.18 Å². The minimum Gasteiger partial charge on any atom is -0.321 e. The Morgan fingerprint density at radius 1 is 1.08 bits per heavy atom. The average molecular weight is 319 g/mol. The van der Waals surface area contributed by atoms with Crippen LogP contribution in [0.2, 0.25) is 0 Å². The lowest BCUT2D eigenvalue weighted by atomic mass is 9.82. The molecule has 0 radical (unpaired) electrons. The summed E-state index contributed by atoms with van der Waals surface area (Å²) in [7, 11) is 1.79. The second kappa shape index (κ2) is 5.75. The minimum atomic E-state index is -0.353. The Hall–Kier alpha value is -2.68. The first-order chi connectivity index (χ1) is 11.6. The minimum absolute atomic E-state index is 0.0357. The Labute approximate surface area is 140 Å². The van der Waals surface area contributed by atoms with Crippen molar-refractivity contribution in [3.63, 3.8) is 0 Å². The second-order valence-electron chi connectivity index (χ2n) is 6.37. The van der Waals surface area contributed by atoms with Crippen LogP contribution in [0.5, 0.6) is 0 Å². The van der Waals surface area contributed by atoms with Gasteiger partial charge in [0.2, 0.25) is 5.91 Å². The topological polar surface area (TPSA) is 20.3 Å². The highest BCUT2D eigenvalue weighted by Gasteiger charge is 2.29. The maximum absolute atomic E-state index is 13.8. The number of nitrogens with zero attached hydrogens (tertiary/aromatic N) is 1.